The van der Waals surface area contributed by atoms with Crippen LogP contribution >= 0.6 is 15.9 Å². The number of carbonyl (C=O) groups excluding carboxylic acids is 1. The molecule has 1 aromatic carbocycles. The van der Waals surface area contributed by atoms with Crippen LogP contribution in [0.4, 0.5) is 4.39 Å². The van der Waals surface area contributed by atoms with E-state index in [0.717, 1.165) is 0 Å². The van der Waals surface area contributed by atoms with Crippen LogP contribution in [0.3, 0.4) is 0 Å². The zero-order chi connectivity index (χ0) is 11.5. The Hall–Kier alpha value is -1.30. The molecule has 1 aliphatic heterocycles. The lowest BCUT2D eigenvalue weighted by atomic mass is 10.1. The second kappa shape index (κ2) is 4.69. The van der Waals surface area contributed by atoms with E-state index in [-0.39, 0.29) is 24.7 Å². The molecule has 2 rings (SSSR count). The number of ether oxygens (including phenoxy) is 3. The molecule has 4 nitrogen and oxygen atoms in total. The van der Waals surface area contributed by atoms with Crippen molar-refractivity contribution >= 4 is 21.9 Å². The number of cyclic esters (lactones) is 1. The summed E-state index contributed by atoms with van der Waals surface area (Å²) in [6, 6.07) is 3.24. The molecule has 16 heavy (non-hydrogen) atoms. The summed E-state index contributed by atoms with van der Waals surface area (Å²) in [5.41, 5.74) is 0.189. The van der Waals surface area contributed by atoms with Crippen molar-refractivity contribution in [3.05, 3.63) is 22.2 Å². The third-order valence-corrected chi connectivity index (χ3v) is 2.63. The predicted molar refractivity (Wildman–Crippen MR) is 56.5 cm³/mol. The molecule has 0 bridgehead atoms. The minimum absolute atomic E-state index is 0.110. The number of rotatable bonds is 3. The second-order valence-electron chi connectivity index (χ2n) is 2.98. The molecule has 1 heterocycles. The van der Waals surface area contributed by atoms with E-state index < -0.39 is 12.6 Å². The number of hydrogen-bond acceptors (Lipinski definition) is 4. The van der Waals surface area contributed by atoms with E-state index in [2.05, 4.69) is 15.9 Å². The second-order valence-corrected chi connectivity index (χ2v) is 3.84. The summed E-state index contributed by atoms with van der Waals surface area (Å²) < 4.78 is 27.6. The maximum atomic E-state index is 12.0. The van der Waals surface area contributed by atoms with Crippen molar-refractivity contribution in [2.45, 2.75) is 0 Å². The van der Waals surface area contributed by atoms with Crippen LogP contribution < -0.4 is 9.47 Å². The molecule has 1 aromatic rings. The van der Waals surface area contributed by atoms with Crippen molar-refractivity contribution in [3.8, 4) is 11.5 Å². The van der Waals surface area contributed by atoms with Gasteiger partial charge in [-0.2, -0.15) is 0 Å². The molecule has 0 saturated heterocycles. The molecule has 0 amide bonds. The maximum absolute atomic E-state index is 12.0. The normalized spacial score (nSPS) is 13.8. The van der Waals surface area contributed by atoms with E-state index in [1.807, 2.05) is 0 Å². The molecular weight excluding hydrogens is 283 g/mol. The van der Waals surface area contributed by atoms with Crippen molar-refractivity contribution in [2.24, 2.45) is 0 Å². The molecule has 0 aromatic heterocycles. The van der Waals surface area contributed by atoms with E-state index in [0.29, 0.717) is 10.2 Å². The zero-order valence-corrected chi connectivity index (χ0v) is 9.75. The number of halogens is 2. The Balaban J connectivity index is 2.42. The van der Waals surface area contributed by atoms with Crippen molar-refractivity contribution in [3.63, 3.8) is 0 Å². The van der Waals surface area contributed by atoms with Crippen LogP contribution in [0.2, 0.25) is 0 Å². The van der Waals surface area contributed by atoms with Gasteiger partial charge in [-0.3, -0.25) is 0 Å². The van der Waals surface area contributed by atoms with Gasteiger partial charge in [0.2, 0.25) is 6.79 Å². The molecule has 0 spiro atoms. The molecule has 0 unspecified atom stereocenters. The van der Waals surface area contributed by atoms with Crippen LogP contribution in [0.5, 0.6) is 11.5 Å². The van der Waals surface area contributed by atoms with Gasteiger partial charge in [-0.1, -0.05) is 0 Å². The van der Waals surface area contributed by atoms with Crippen LogP contribution in [0.15, 0.2) is 16.6 Å². The quantitative estimate of drug-likeness (QED) is 0.802. The zero-order valence-electron chi connectivity index (χ0n) is 8.16. The van der Waals surface area contributed by atoms with Gasteiger partial charge < -0.3 is 14.2 Å². The first-order valence-corrected chi connectivity index (χ1v) is 5.34. The van der Waals surface area contributed by atoms with Gasteiger partial charge in [-0.25, -0.2) is 9.18 Å². The summed E-state index contributed by atoms with van der Waals surface area (Å²) in [5.74, 6) is 0.101. The van der Waals surface area contributed by atoms with Gasteiger partial charge in [0.05, 0.1) is 4.47 Å². The summed E-state index contributed by atoms with van der Waals surface area (Å²) >= 11 is 3.25. The average molecular weight is 291 g/mol. The van der Waals surface area contributed by atoms with E-state index in [9.17, 15) is 9.18 Å². The summed E-state index contributed by atoms with van der Waals surface area (Å²) in [5, 5.41) is 0. The first-order valence-electron chi connectivity index (χ1n) is 4.55. The fourth-order valence-electron chi connectivity index (χ4n) is 1.36. The Kier molecular flexibility index (Phi) is 3.28. The number of carbonyl (C=O) groups is 1. The van der Waals surface area contributed by atoms with E-state index >= 15 is 0 Å². The van der Waals surface area contributed by atoms with Crippen LogP contribution in [-0.2, 0) is 4.74 Å². The Labute approximate surface area is 99.4 Å². The van der Waals surface area contributed by atoms with Crippen LogP contribution in [0, 0.1) is 0 Å². The van der Waals surface area contributed by atoms with Gasteiger partial charge in [0.1, 0.15) is 24.6 Å². The van der Waals surface area contributed by atoms with E-state index in [1.54, 1.807) is 12.1 Å². The summed E-state index contributed by atoms with van der Waals surface area (Å²) in [7, 11) is 0. The maximum Gasteiger partial charge on any atom is 0.348 e. The predicted octanol–water partition coefficient (Wildman–Crippen LogP) is 2.30. The highest BCUT2D eigenvalue weighted by Crippen LogP contribution is 2.38. The smallest absolute Gasteiger partial charge is 0.348 e. The lowest BCUT2D eigenvalue weighted by Gasteiger charge is -2.20. The van der Waals surface area contributed by atoms with Gasteiger partial charge in [0.25, 0.3) is 0 Å². The lowest BCUT2D eigenvalue weighted by Crippen LogP contribution is -2.20. The molecule has 0 aliphatic carbocycles. The number of esters is 1. The summed E-state index contributed by atoms with van der Waals surface area (Å²) in [6.07, 6.45) is 0. The van der Waals surface area contributed by atoms with Crippen LogP contribution in [0.1, 0.15) is 10.4 Å². The molecule has 0 N–H and O–H groups in total. The van der Waals surface area contributed by atoms with Crippen molar-refractivity contribution in [2.75, 3.05) is 20.1 Å². The van der Waals surface area contributed by atoms with Gasteiger partial charge in [0, 0.05) is 0 Å². The first-order chi connectivity index (χ1) is 7.74. The number of hydrogen-bond donors (Lipinski definition) is 0. The standard InChI is InChI=1S/C10H8BrFO4/c11-6-1-2-7(14-4-3-12)8-9(6)15-5-16-10(8)13/h1-2H,3-5H2. The van der Waals surface area contributed by atoms with Crippen LogP contribution in [-0.4, -0.2) is 26.0 Å². The number of alkyl halides is 1. The largest absolute Gasteiger partial charge is 0.490 e. The average Bonchev–Trinajstić information content (AvgIpc) is 2.29. The SMILES string of the molecule is O=C1OCOc2c(Br)ccc(OCCF)c21. The summed E-state index contributed by atoms with van der Waals surface area (Å²) in [4.78, 5) is 11.5. The topological polar surface area (TPSA) is 44.8 Å². The highest BCUT2D eigenvalue weighted by atomic mass is 79.9. The Bertz CT molecular complexity index is 422. The fourth-order valence-corrected chi connectivity index (χ4v) is 1.80. The Morgan fingerprint density at radius 2 is 2.25 bits per heavy atom. The molecule has 0 radical (unpaired) electrons. The van der Waals surface area contributed by atoms with Gasteiger partial charge in [-0.05, 0) is 28.1 Å². The van der Waals surface area contributed by atoms with Gasteiger partial charge in [-0.15, -0.1) is 0 Å². The molecule has 0 saturated carbocycles. The highest BCUT2D eigenvalue weighted by molar-refractivity contribution is 9.10. The molecule has 86 valence electrons. The van der Waals surface area contributed by atoms with Gasteiger partial charge in [0.15, 0.2) is 5.75 Å². The number of fused-ring (bicyclic) bond motifs is 1. The van der Waals surface area contributed by atoms with Crippen LogP contribution in [0.25, 0.3) is 0 Å². The van der Waals surface area contributed by atoms with Gasteiger partial charge >= 0.3 is 5.97 Å². The lowest BCUT2D eigenvalue weighted by molar-refractivity contribution is 0.00385. The fraction of sp³-hybridized carbons (Fsp3) is 0.300. The van der Waals surface area contributed by atoms with Crippen molar-refractivity contribution < 1.29 is 23.4 Å². The molecule has 1 aliphatic rings. The Morgan fingerprint density at radius 3 is 3.00 bits per heavy atom. The van der Waals surface area contributed by atoms with Crippen molar-refractivity contribution in [1.29, 1.82) is 0 Å². The molecule has 0 atom stereocenters. The summed E-state index contributed by atoms with van der Waals surface area (Å²) in [6.45, 7) is -0.862. The van der Waals surface area contributed by atoms with Crippen molar-refractivity contribution in [1.82, 2.24) is 0 Å². The monoisotopic (exact) mass is 290 g/mol. The molecular formula is C10H8BrFO4. The van der Waals surface area contributed by atoms with E-state index in [1.165, 1.54) is 0 Å². The minimum Gasteiger partial charge on any atom is -0.490 e. The first kappa shape index (κ1) is 11.2. The van der Waals surface area contributed by atoms with E-state index in [4.69, 9.17) is 14.2 Å². The highest BCUT2D eigenvalue weighted by Gasteiger charge is 2.26. The Morgan fingerprint density at radius 1 is 1.44 bits per heavy atom. The third-order valence-electron chi connectivity index (χ3n) is 2.00. The third kappa shape index (κ3) is 1.97. The molecule has 0 fully saturated rings. The molecule has 6 heteroatoms. The minimum atomic E-state index is -0.624. The number of benzene rings is 1.